The zero-order valence-electron chi connectivity index (χ0n) is 28.6. The van der Waals surface area contributed by atoms with Gasteiger partial charge >= 0.3 is 0 Å². The van der Waals surface area contributed by atoms with Gasteiger partial charge in [0.05, 0.1) is 33.5 Å². The van der Waals surface area contributed by atoms with Gasteiger partial charge in [0.25, 0.3) is 0 Å². The topological polar surface area (TPSA) is 53.5 Å². The summed E-state index contributed by atoms with van der Waals surface area (Å²) in [5.74, 6) is 2.90. The summed E-state index contributed by atoms with van der Waals surface area (Å²) in [5, 5.41) is 0. The molecule has 1 unspecified atom stereocenters. The summed E-state index contributed by atoms with van der Waals surface area (Å²) in [7, 11) is 0. The number of para-hydroxylation sites is 7. The molecule has 10 rings (SSSR count). The summed E-state index contributed by atoms with van der Waals surface area (Å²) < 4.78 is 6.83. The molecular weight excluding hydrogens is 637 g/mol. The standard InChI is InChI=1S/C46H34N6/c1-31-16-15-27-42-43(31)49-46(52(42)37-21-9-4-10-22-37)34-29-32(44-47-38-23-11-13-25-40(38)50(44)35-17-5-2-6-18-35)28-33(30-34)45-48-39-24-12-14-26-41(39)51(45)36-19-7-3-8-20-36/h2-15,17-31H,16H2,1H3. The summed E-state index contributed by atoms with van der Waals surface area (Å²) in [6, 6.07) is 55.0. The van der Waals surface area contributed by atoms with Gasteiger partial charge in [-0.25, -0.2) is 15.0 Å². The fraction of sp³-hybridized carbons (Fsp3) is 0.0652. The third-order valence-electron chi connectivity index (χ3n) is 10.0. The third kappa shape index (κ3) is 4.91. The molecule has 9 aromatic rings. The Morgan fingerprint density at radius 3 is 1.35 bits per heavy atom. The number of benzene rings is 6. The zero-order chi connectivity index (χ0) is 34.6. The summed E-state index contributed by atoms with van der Waals surface area (Å²) in [6.07, 6.45) is 5.46. The van der Waals surface area contributed by atoms with Crippen molar-refractivity contribution in [3.63, 3.8) is 0 Å². The lowest BCUT2D eigenvalue weighted by Crippen LogP contribution is -2.04. The van der Waals surface area contributed by atoms with Crippen LogP contribution in [0.15, 0.2) is 164 Å². The highest BCUT2D eigenvalue weighted by Gasteiger charge is 2.26. The molecule has 1 atom stereocenters. The Kier molecular flexibility index (Phi) is 7.06. The molecule has 3 aromatic heterocycles. The molecule has 0 saturated carbocycles. The van der Waals surface area contributed by atoms with Crippen molar-refractivity contribution in [2.45, 2.75) is 19.3 Å². The maximum absolute atomic E-state index is 5.45. The maximum atomic E-state index is 5.45. The minimum absolute atomic E-state index is 0.302. The number of nitrogens with zero attached hydrogens (tertiary/aromatic N) is 6. The fourth-order valence-electron chi connectivity index (χ4n) is 7.63. The van der Waals surface area contributed by atoms with E-state index in [0.717, 1.165) is 91.1 Å². The van der Waals surface area contributed by atoms with Crippen molar-refractivity contribution in [3.05, 3.63) is 175 Å². The Hall–Kier alpha value is -6.79. The van der Waals surface area contributed by atoms with E-state index in [-0.39, 0.29) is 0 Å². The molecule has 0 spiro atoms. The van der Waals surface area contributed by atoms with Crippen LogP contribution in [0.3, 0.4) is 0 Å². The normalized spacial score (nSPS) is 13.9. The van der Waals surface area contributed by atoms with Gasteiger partial charge in [-0.2, -0.15) is 0 Å². The van der Waals surface area contributed by atoms with Crippen molar-refractivity contribution >= 4 is 28.1 Å². The molecule has 248 valence electrons. The maximum Gasteiger partial charge on any atom is 0.145 e. The van der Waals surface area contributed by atoms with Crippen molar-refractivity contribution in [2.24, 2.45) is 0 Å². The minimum Gasteiger partial charge on any atom is -0.293 e. The predicted molar refractivity (Wildman–Crippen MR) is 211 cm³/mol. The van der Waals surface area contributed by atoms with Crippen molar-refractivity contribution in [3.8, 4) is 51.2 Å². The fourth-order valence-corrected chi connectivity index (χ4v) is 7.63. The second-order valence-electron chi connectivity index (χ2n) is 13.4. The summed E-state index contributed by atoms with van der Waals surface area (Å²) in [5.41, 5.74) is 12.3. The van der Waals surface area contributed by atoms with Gasteiger partial charge in [-0.1, -0.05) is 91.9 Å². The molecule has 6 aromatic carbocycles. The average Bonchev–Trinajstić information content (AvgIpc) is 3.91. The molecule has 0 bridgehead atoms. The summed E-state index contributed by atoms with van der Waals surface area (Å²) in [4.78, 5) is 16.1. The second kappa shape index (κ2) is 12.2. The number of aromatic nitrogens is 6. The number of hydrogen-bond acceptors (Lipinski definition) is 3. The molecule has 52 heavy (non-hydrogen) atoms. The Bertz CT molecular complexity index is 2630. The van der Waals surface area contributed by atoms with E-state index in [4.69, 9.17) is 15.0 Å². The van der Waals surface area contributed by atoms with Crippen molar-refractivity contribution in [1.82, 2.24) is 28.7 Å². The summed E-state index contributed by atoms with van der Waals surface area (Å²) >= 11 is 0. The third-order valence-corrected chi connectivity index (χ3v) is 10.0. The van der Waals surface area contributed by atoms with Gasteiger partial charge in [-0.05, 0) is 91.4 Å². The largest absolute Gasteiger partial charge is 0.293 e. The first-order valence-corrected chi connectivity index (χ1v) is 17.8. The molecule has 1 aliphatic carbocycles. The van der Waals surface area contributed by atoms with Gasteiger partial charge < -0.3 is 0 Å². The molecule has 6 nitrogen and oxygen atoms in total. The molecule has 0 saturated heterocycles. The summed E-state index contributed by atoms with van der Waals surface area (Å²) in [6.45, 7) is 2.26. The zero-order valence-corrected chi connectivity index (χ0v) is 28.6. The highest BCUT2D eigenvalue weighted by Crippen LogP contribution is 2.40. The molecule has 0 radical (unpaired) electrons. The smallest absolute Gasteiger partial charge is 0.145 e. The molecule has 0 amide bonds. The van der Waals surface area contributed by atoms with Crippen LogP contribution in [0.1, 0.15) is 30.7 Å². The number of rotatable bonds is 6. The molecular formula is C46H34N6. The van der Waals surface area contributed by atoms with Crippen LogP contribution in [0.5, 0.6) is 0 Å². The van der Waals surface area contributed by atoms with Crippen molar-refractivity contribution in [1.29, 1.82) is 0 Å². The highest BCUT2D eigenvalue weighted by atomic mass is 15.1. The number of imidazole rings is 3. The predicted octanol–water partition coefficient (Wildman–Crippen LogP) is 11.1. The number of fused-ring (bicyclic) bond motifs is 3. The lowest BCUT2D eigenvalue weighted by molar-refractivity contribution is 0.745. The molecule has 6 heteroatoms. The average molecular weight is 671 g/mol. The van der Waals surface area contributed by atoms with Crippen LogP contribution in [0, 0.1) is 0 Å². The first-order chi connectivity index (χ1) is 25.7. The van der Waals surface area contributed by atoms with Crippen molar-refractivity contribution < 1.29 is 0 Å². The lowest BCUT2D eigenvalue weighted by atomic mass is 9.97. The van der Waals surface area contributed by atoms with E-state index in [9.17, 15) is 0 Å². The van der Waals surface area contributed by atoms with E-state index >= 15 is 0 Å². The monoisotopic (exact) mass is 670 g/mol. The van der Waals surface area contributed by atoms with Gasteiger partial charge in [0.15, 0.2) is 0 Å². The first-order valence-electron chi connectivity index (χ1n) is 17.8. The number of allylic oxidation sites excluding steroid dienone is 1. The Labute approximate surface area is 301 Å². The van der Waals surface area contributed by atoms with Crippen LogP contribution >= 0.6 is 0 Å². The lowest BCUT2D eigenvalue weighted by Gasteiger charge is -2.16. The van der Waals surface area contributed by atoms with E-state index in [0.29, 0.717) is 5.92 Å². The molecule has 3 heterocycles. The second-order valence-corrected chi connectivity index (χ2v) is 13.4. The van der Waals surface area contributed by atoms with E-state index in [1.807, 2.05) is 12.1 Å². The molecule has 1 aliphatic rings. The first kappa shape index (κ1) is 30.1. The Balaban J connectivity index is 1.31. The van der Waals surface area contributed by atoms with Gasteiger partial charge in [0, 0.05) is 39.7 Å². The van der Waals surface area contributed by atoms with Crippen molar-refractivity contribution in [2.75, 3.05) is 0 Å². The van der Waals surface area contributed by atoms with Crippen LogP contribution in [0.25, 0.3) is 79.4 Å². The molecule has 0 N–H and O–H groups in total. The van der Waals surface area contributed by atoms with E-state index in [2.05, 4.69) is 178 Å². The van der Waals surface area contributed by atoms with E-state index in [1.54, 1.807) is 0 Å². The Morgan fingerprint density at radius 2 is 0.865 bits per heavy atom. The molecule has 0 fully saturated rings. The number of hydrogen-bond donors (Lipinski definition) is 0. The van der Waals surface area contributed by atoms with Crippen LogP contribution in [-0.2, 0) is 0 Å². The van der Waals surface area contributed by atoms with Crippen LogP contribution in [0.2, 0.25) is 0 Å². The van der Waals surface area contributed by atoms with Gasteiger partial charge in [-0.3, -0.25) is 13.7 Å². The van der Waals surface area contributed by atoms with Gasteiger partial charge in [0.2, 0.25) is 0 Å². The SMILES string of the molecule is CC1CC=Cc2c1nc(-c1cc(-c3nc4ccccc4n3-c3ccccc3)cc(-c3nc4ccccc4n3-c3ccccc3)c1)n2-c1ccccc1. The van der Waals surface area contributed by atoms with Crippen LogP contribution < -0.4 is 0 Å². The van der Waals surface area contributed by atoms with Gasteiger partial charge in [0.1, 0.15) is 17.5 Å². The van der Waals surface area contributed by atoms with E-state index in [1.165, 1.54) is 0 Å². The minimum atomic E-state index is 0.302. The highest BCUT2D eigenvalue weighted by molar-refractivity contribution is 5.88. The Morgan fingerprint density at radius 1 is 0.462 bits per heavy atom. The van der Waals surface area contributed by atoms with Gasteiger partial charge in [-0.15, -0.1) is 0 Å². The van der Waals surface area contributed by atoms with Crippen LogP contribution in [0.4, 0.5) is 0 Å². The van der Waals surface area contributed by atoms with Crippen LogP contribution in [-0.4, -0.2) is 28.7 Å². The quantitative estimate of drug-likeness (QED) is 0.177. The van der Waals surface area contributed by atoms with E-state index < -0.39 is 0 Å². The molecule has 0 aliphatic heterocycles.